The van der Waals surface area contributed by atoms with E-state index in [2.05, 4.69) is 4.98 Å². The van der Waals surface area contributed by atoms with Gasteiger partial charge in [-0.1, -0.05) is 0 Å². The molecule has 23 heavy (non-hydrogen) atoms. The topological polar surface area (TPSA) is 12.9 Å². The molecule has 0 aliphatic heterocycles. The van der Waals surface area contributed by atoms with Gasteiger partial charge in [-0.2, -0.15) is 48.3 Å². The zero-order valence-corrected chi connectivity index (χ0v) is 10.2. The standard InChI is InChI=1S/C10H3F12N/c11-5-1-4(2-23-3-5)6(12,13)7(14,15)8(16,17)9(18,19)10(20,21)22/h1-3H. The average molecular weight is 365 g/mol. The third kappa shape index (κ3) is 2.69. The van der Waals surface area contributed by atoms with Crippen molar-refractivity contribution in [2.45, 2.75) is 29.9 Å². The second-order valence-electron chi connectivity index (χ2n) is 4.19. The van der Waals surface area contributed by atoms with E-state index in [9.17, 15) is 52.7 Å². The van der Waals surface area contributed by atoms with Gasteiger partial charge in [0.15, 0.2) is 0 Å². The minimum atomic E-state index is -7.53. The van der Waals surface area contributed by atoms with Crippen LogP contribution >= 0.6 is 0 Å². The predicted molar refractivity (Wildman–Crippen MR) is 49.0 cm³/mol. The third-order valence-corrected chi connectivity index (χ3v) is 2.61. The molecule has 0 amide bonds. The highest BCUT2D eigenvalue weighted by Crippen LogP contribution is 2.59. The molecule has 0 bridgehead atoms. The number of aromatic nitrogens is 1. The zero-order valence-electron chi connectivity index (χ0n) is 10.2. The highest BCUT2D eigenvalue weighted by molar-refractivity contribution is 5.22. The van der Waals surface area contributed by atoms with Crippen LogP contribution in [0.25, 0.3) is 0 Å². The zero-order chi connectivity index (χ0) is 18.5. The van der Waals surface area contributed by atoms with Gasteiger partial charge in [0.1, 0.15) is 5.82 Å². The van der Waals surface area contributed by atoms with Gasteiger partial charge in [0.25, 0.3) is 0 Å². The van der Waals surface area contributed by atoms with Crippen molar-refractivity contribution in [3.8, 4) is 0 Å². The van der Waals surface area contributed by atoms with Crippen molar-refractivity contribution >= 4 is 0 Å². The Bertz CT molecular complexity index is 575. The first kappa shape index (κ1) is 19.4. The van der Waals surface area contributed by atoms with Gasteiger partial charge in [-0.15, -0.1) is 0 Å². The monoisotopic (exact) mass is 365 g/mol. The summed E-state index contributed by atoms with van der Waals surface area (Å²) in [5.41, 5.74) is -2.31. The molecule has 13 heteroatoms. The second kappa shape index (κ2) is 5.16. The maximum atomic E-state index is 13.4. The number of hydrogen-bond acceptors (Lipinski definition) is 1. The first-order valence-electron chi connectivity index (χ1n) is 5.19. The van der Waals surface area contributed by atoms with E-state index in [4.69, 9.17) is 0 Å². The Labute approximate surface area is 118 Å². The lowest BCUT2D eigenvalue weighted by atomic mass is 9.94. The summed E-state index contributed by atoms with van der Waals surface area (Å²) in [6.07, 6.45) is -7.34. The molecular formula is C10H3F12N. The summed E-state index contributed by atoms with van der Waals surface area (Å²) in [5.74, 6) is -30.2. The van der Waals surface area contributed by atoms with E-state index in [0.717, 1.165) is 0 Å². The average Bonchev–Trinajstić information content (AvgIpc) is 2.36. The minimum Gasteiger partial charge on any atom is -0.261 e. The molecule has 1 rings (SSSR count). The lowest BCUT2D eigenvalue weighted by Crippen LogP contribution is -2.65. The number of alkyl halides is 11. The van der Waals surface area contributed by atoms with Crippen LogP contribution in [-0.2, 0) is 5.92 Å². The third-order valence-electron chi connectivity index (χ3n) is 2.61. The maximum absolute atomic E-state index is 13.4. The van der Waals surface area contributed by atoms with Crippen LogP contribution in [-0.4, -0.2) is 28.9 Å². The molecule has 0 aromatic carbocycles. The summed E-state index contributed by atoms with van der Waals surface area (Å²) in [6.45, 7) is 0. The van der Waals surface area contributed by atoms with Crippen LogP contribution in [0.15, 0.2) is 18.5 Å². The predicted octanol–water partition coefficient (Wildman–Crippen LogP) is 4.78. The number of nitrogens with zero attached hydrogens (tertiary/aromatic N) is 1. The first-order valence-corrected chi connectivity index (χ1v) is 5.19. The Hall–Kier alpha value is -1.69. The van der Waals surface area contributed by atoms with Crippen LogP contribution in [0.3, 0.4) is 0 Å². The van der Waals surface area contributed by atoms with Crippen LogP contribution < -0.4 is 0 Å². The molecule has 1 heterocycles. The molecule has 0 radical (unpaired) electrons. The summed E-state index contributed by atoms with van der Waals surface area (Å²) in [6, 6.07) is -0.456. The Kier molecular flexibility index (Phi) is 4.34. The minimum absolute atomic E-state index is 0.181. The Balaban J connectivity index is 3.49. The molecule has 132 valence electrons. The largest absolute Gasteiger partial charge is 0.460 e. The number of hydrogen-bond donors (Lipinski definition) is 0. The van der Waals surface area contributed by atoms with Crippen molar-refractivity contribution < 1.29 is 52.7 Å². The smallest absolute Gasteiger partial charge is 0.261 e. The first-order chi connectivity index (χ1) is 10.00. The molecule has 0 aliphatic rings. The second-order valence-corrected chi connectivity index (χ2v) is 4.19. The summed E-state index contributed by atoms with van der Waals surface area (Å²) in [4.78, 5) is 2.61. The molecule has 1 aromatic rings. The molecule has 0 spiro atoms. The number of rotatable bonds is 4. The molecule has 0 unspecified atom stereocenters. The van der Waals surface area contributed by atoms with Crippen molar-refractivity contribution in [3.05, 3.63) is 29.8 Å². The van der Waals surface area contributed by atoms with E-state index in [1.54, 1.807) is 0 Å². The fraction of sp³-hybridized carbons (Fsp3) is 0.500. The highest BCUT2D eigenvalue weighted by Gasteiger charge is 2.87. The Morgan fingerprint density at radius 3 is 1.52 bits per heavy atom. The lowest BCUT2D eigenvalue weighted by molar-refractivity contribution is -0.424. The van der Waals surface area contributed by atoms with Gasteiger partial charge in [0.05, 0.1) is 6.20 Å². The fourth-order valence-electron chi connectivity index (χ4n) is 1.34. The van der Waals surface area contributed by atoms with E-state index in [0.29, 0.717) is 0 Å². The van der Waals surface area contributed by atoms with Crippen LogP contribution in [0.2, 0.25) is 0 Å². The molecule has 0 saturated heterocycles. The molecule has 0 N–H and O–H groups in total. The Morgan fingerprint density at radius 2 is 1.13 bits per heavy atom. The summed E-state index contributed by atoms with van der Waals surface area (Å²) >= 11 is 0. The van der Waals surface area contributed by atoms with Crippen molar-refractivity contribution in [1.29, 1.82) is 0 Å². The molecule has 0 fully saturated rings. The van der Waals surface area contributed by atoms with Gasteiger partial charge in [0.2, 0.25) is 0 Å². The van der Waals surface area contributed by atoms with Crippen LogP contribution in [0.1, 0.15) is 5.56 Å². The van der Waals surface area contributed by atoms with Crippen molar-refractivity contribution in [3.63, 3.8) is 0 Å². The van der Waals surface area contributed by atoms with Crippen LogP contribution in [0.4, 0.5) is 52.7 Å². The van der Waals surface area contributed by atoms with Gasteiger partial charge >= 0.3 is 29.9 Å². The summed E-state index contributed by atoms with van der Waals surface area (Å²) in [7, 11) is 0. The van der Waals surface area contributed by atoms with Gasteiger partial charge in [0, 0.05) is 11.8 Å². The normalized spacial score (nSPS) is 15.0. The van der Waals surface area contributed by atoms with E-state index in [1.165, 1.54) is 0 Å². The number of pyridine rings is 1. The van der Waals surface area contributed by atoms with Crippen LogP contribution in [0.5, 0.6) is 0 Å². The summed E-state index contributed by atoms with van der Waals surface area (Å²) in [5, 5.41) is 0. The quantitative estimate of drug-likeness (QED) is 0.700. The molecule has 1 aromatic heterocycles. The van der Waals surface area contributed by atoms with Gasteiger partial charge < -0.3 is 0 Å². The highest BCUT2D eigenvalue weighted by atomic mass is 19.4. The molecular weight excluding hydrogens is 362 g/mol. The van der Waals surface area contributed by atoms with E-state index in [1.807, 2.05) is 0 Å². The molecule has 0 aliphatic carbocycles. The van der Waals surface area contributed by atoms with Crippen molar-refractivity contribution in [1.82, 2.24) is 4.98 Å². The Morgan fingerprint density at radius 1 is 0.652 bits per heavy atom. The van der Waals surface area contributed by atoms with Gasteiger partial charge in [-0.25, -0.2) is 4.39 Å². The fourth-order valence-corrected chi connectivity index (χ4v) is 1.34. The molecule has 1 nitrogen and oxygen atoms in total. The molecule has 0 saturated carbocycles. The van der Waals surface area contributed by atoms with E-state index in [-0.39, 0.29) is 12.4 Å². The maximum Gasteiger partial charge on any atom is 0.460 e. The summed E-state index contributed by atoms with van der Waals surface area (Å²) < 4.78 is 152. The van der Waals surface area contributed by atoms with E-state index >= 15 is 0 Å². The van der Waals surface area contributed by atoms with E-state index < -0.39 is 47.3 Å². The van der Waals surface area contributed by atoms with Gasteiger partial charge in [-0.3, -0.25) is 4.98 Å². The molecule has 0 atom stereocenters. The van der Waals surface area contributed by atoms with Crippen LogP contribution in [0, 0.1) is 5.82 Å². The van der Waals surface area contributed by atoms with Gasteiger partial charge in [-0.05, 0) is 6.07 Å². The lowest BCUT2D eigenvalue weighted by Gasteiger charge is -2.37. The number of halogens is 12. The van der Waals surface area contributed by atoms with Crippen molar-refractivity contribution in [2.75, 3.05) is 0 Å². The SMILES string of the molecule is Fc1cncc(C(F)(F)C(F)(F)C(F)(F)C(F)(F)C(F)(F)F)c1. The van der Waals surface area contributed by atoms with Crippen molar-refractivity contribution in [2.24, 2.45) is 0 Å².